The van der Waals surface area contributed by atoms with Crippen molar-refractivity contribution < 1.29 is 18.3 Å². The molecular weight excluding hydrogens is 382 g/mol. The molecule has 3 rings (SSSR count). The normalized spacial score (nSPS) is 10.9. The molecule has 8 nitrogen and oxygen atoms in total. The van der Waals surface area contributed by atoms with E-state index in [2.05, 4.69) is 25.6 Å². The number of benzene rings is 1. The van der Waals surface area contributed by atoms with E-state index in [0.717, 1.165) is 5.56 Å². The average Bonchev–Trinajstić information content (AvgIpc) is 3.11. The van der Waals surface area contributed by atoms with Crippen LogP contribution in [-0.2, 0) is 17.7 Å². The number of halogens is 2. The lowest BCUT2D eigenvalue weighted by atomic mass is 10.1. The third kappa shape index (κ3) is 5.59. The second kappa shape index (κ2) is 9.76. The molecule has 0 atom stereocenters. The van der Waals surface area contributed by atoms with Crippen molar-refractivity contribution in [1.29, 1.82) is 0 Å². The zero-order chi connectivity index (χ0) is 20.6. The van der Waals surface area contributed by atoms with Crippen LogP contribution < -0.4 is 10.6 Å². The van der Waals surface area contributed by atoms with Gasteiger partial charge in [-0.3, -0.25) is 0 Å². The molecule has 0 aliphatic rings. The molecule has 0 aliphatic heterocycles. The number of rotatable bonds is 9. The molecule has 1 aromatic carbocycles. The second-order valence-corrected chi connectivity index (χ2v) is 6.35. The largest absolute Gasteiger partial charge is 0.450 e. The fourth-order valence-corrected chi connectivity index (χ4v) is 2.82. The van der Waals surface area contributed by atoms with E-state index in [0.29, 0.717) is 49.3 Å². The van der Waals surface area contributed by atoms with Gasteiger partial charge in [0.1, 0.15) is 5.82 Å². The molecule has 2 aromatic heterocycles. The molecule has 2 N–H and O–H groups in total. The number of ether oxygens (including phenoxy) is 1. The molecule has 0 bridgehead atoms. The number of nitrogens with one attached hydrogen (secondary N) is 2. The first-order valence-electron chi connectivity index (χ1n) is 9.28. The van der Waals surface area contributed by atoms with Crippen molar-refractivity contribution in [1.82, 2.24) is 24.8 Å². The third-order valence-corrected chi connectivity index (χ3v) is 4.30. The minimum atomic E-state index is -0.816. The summed E-state index contributed by atoms with van der Waals surface area (Å²) in [5.41, 5.74) is 1.85. The SMILES string of the molecule is CNc1nc(F)nc2c1ncn2CCCCOC(=O)NCCc1ccc(F)cc1. The van der Waals surface area contributed by atoms with Crippen LogP contribution in [0.5, 0.6) is 0 Å². The van der Waals surface area contributed by atoms with Crippen LogP contribution in [0, 0.1) is 11.9 Å². The van der Waals surface area contributed by atoms with Gasteiger partial charge in [-0.25, -0.2) is 14.2 Å². The van der Waals surface area contributed by atoms with E-state index in [1.807, 2.05) is 0 Å². The van der Waals surface area contributed by atoms with Gasteiger partial charge in [0.15, 0.2) is 17.0 Å². The van der Waals surface area contributed by atoms with Crippen molar-refractivity contribution in [3.63, 3.8) is 0 Å². The molecule has 29 heavy (non-hydrogen) atoms. The molecule has 0 aliphatic carbocycles. The zero-order valence-corrected chi connectivity index (χ0v) is 16.0. The van der Waals surface area contributed by atoms with Crippen LogP contribution >= 0.6 is 0 Å². The Bertz CT molecular complexity index is 961. The fourth-order valence-electron chi connectivity index (χ4n) is 2.82. The third-order valence-electron chi connectivity index (χ3n) is 4.30. The number of hydrogen-bond acceptors (Lipinski definition) is 6. The Morgan fingerprint density at radius 3 is 2.72 bits per heavy atom. The number of anilines is 1. The smallest absolute Gasteiger partial charge is 0.407 e. The quantitative estimate of drug-likeness (QED) is 0.421. The molecule has 0 radical (unpaired) electrons. The van der Waals surface area contributed by atoms with Gasteiger partial charge in [-0.1, -0.05) is 12.1 Å². The summed E-state index contributed by atoms with van der Waals surface area (Å²) in [6.45, 7) is 1.23. The van der Waals surface area contributed by atoms with Gasteiger partial charge in [0, 0.05) is 20.1 Å². The first-order chi connectivity index (χ1) is 14.1. The van der Waals surface area contributed by atoms with E-state index in [-0.39, 0.29) is 12.4 Å². The molecule has 0 unspecified atom stereocenters. The number of alkyl carbamates (subject to hydrolysis) is 1. The molecule has 0 saturated carbocycles. The molecule has 0 saturated heterocycles. The highest BCUT2D eigenvalue weighted by Crippen LogP contribution is 2.18. The van der Waals surface area contributed by atoms with Gasteiger partial charge in [-0.2, -0.15) is 14.4 Å². The van der Waals surface area contributed by atoms with Gasteiger partial charge in [0.05, 0.1) is 12.9 Å². The Morgan fingerprint density at radius 2 is 1.97 bits per heavy atom. The maximum absolute atomic E-state index is 13.5. The number of aromatic nitrogens is 4. The summed E-state index contributed by atoms with van der Waals surface area (Å²) < 4.78 is 33.2. The lowest BCUT2D eigenvalue weighted by molar-refractivity contribution is 0.144. The molecule has 10 heteroatoms. The molecular formula is C19H22F2N6O2. The van der Waals surface area contributed by atoms with Crippen molar-refractivity contribution in [3.8, 4) is 0 Å². The van der Waals surface area contributed by atoms with Gasteiger partial charge in [0.2, 0.25) is 0 Å². The maximum atomic E-state index is 13.5. The number of carbonyl (C=O) groups is 1. The van der Waals surface area contributed by atoms with Crippen LogP contribution in [0.1, 0.15) is 18.4 Å². The van der Waals surface area contributed by atoms with Crippen molar-refractivity contribution in [2.45, 2.75) is 25.8 Å². The molecule has 154 valence electrons. The molecule has 0 fully saturated rings. The van der Waals surface area contributed by atoms with Crippen molar-refractivity contribution >= 4 is 23.1 Å². The number of amides is 1. The van der Waals surface area contributed by atoms with E-state index in [4.69, 9.17) is 4.74 Å². The predicted molar refractivity (Wildman–Crippen MR) is 104 cm³/mol. The molecule has 2 heterocycles. The number of hydrogen-bond donors (Lipinski definition) is 2. The zero-order valence-electron chi connectivity index (χ0n) is 16.0. The molecule has 1 amide bonds. The van der Waals surface area contributed by atoms with E-state index in [9.17, 15) is 13.6 Å². The highest BCUT2D eigenvalue weighted by molar-refractivity contribution is 5.82. The van der Waals surface area contributed by atoms with Crippen LogP contribution in [0.4, 0.5) is 19.4 Å². The number of nitrogens with zero attached hydrogens (tertiary/aromatic N) is 4. The minimum Gasteiger partial charge on any atom is -0.450 e. The topological polar surface area (TPSA) is 94.0 Å². The Morgan fingerprint density at radius 1 is 1.17 bits per heavy atom. The first kappa shape index (κ1) is 20.4. The van der Waals surface area contributed by atoms with Crippen LogP contribution in [0.2, 0.25) is 0 Å². The van der Waals surface area contributed by atoms with Crippen LogP contribution in [0.25, 0.3) is 11.2 Å². The Hall–Kier alpha value is -3.30. The standard InChI is InChI=1S/C19H22F2N6O2/c1-22-16-15-17(26-18(21)25-16)27(12-24-15)10-2-3-11-29-19(28)23-9-8-13-4-6-14(20)7-5-13/h4-7,12H,2-3,8-11H2,1H3,(H,23,28)(H,22,25,26). The van der Waals surface area contributed by atoms with Crippen molar-refractivity contribution in [2.75, 3.05) is 25.5 Å². The van der Waals surface area contributed by atoms with E-state index in [1.54, 1.807) is 30.1 Å². The number of unbranched alkanes of at least 4 members (excludes halogenated alkanes) is 1. The van der Waals surface area contributed by atoms with Gasteiger partial charge >= 0.3 is 12.2 Å². The van der Waals surface area contributed by atoms with Gasteiger partial charge in [-0.15, -0.1) is 0 Å². The number of aryl methyl sites for hydroxylation is 1. The van der Waals surface area contributed by atoms with Crippen molar-refractivity contribution in [2.24, 2.45) is 0 Å². The van der Waals surface area contributed by atoms with Crippen LogP contribution in [-0.4, -0.2) is 45.8 Å². The van der Waals surface area contributed by atoms with E-state index >= 15 is 0 Å². The summed E-state index contributed by atoms with van der Waals surface area (Å²) in [6, 6.07) is 6.13. The highest BCUT2D eigenvalue weighted by atomic mass is 19.1. The summed E-state index contributed by atoms with van der Waals surface area (Å²) in [7, 11) is 1.64. The lowest BCUT2D eigenvalue weighted by Gasteiger charge is -2.08. The molecule has 0 spiro atoms. The fraction of sp³-hybridized carbons (Fsp3) is 0.368. The number of imidazole rings is 1. The van der Waals surface area contributed by atoms with Crippen LogP contribution in [0.3, 0.4) is 0 Å². The van der Waals surface area contributed by atoms with E-state index in [1.165, 1.54) is 12.1 Å². The lowest BCUT2D eigenvalue weighted by Crippen LogP contribution is -2.26. The summed E-state index contributed by atoms with van der Waals surface area (Å²) in [4.78, 5) is 23.4. The minimum absolute atomic E-state index is 0.264. The summed E-state index contributed by atoms with van der Waals surface area (Å²) >= 11 is 0. The monoisotopic (exact) mass is 404 g/mol. The summed E-state index contributed by atoms with van der Waals surface area (Å²) in [6.07, 6.45) is 2.21. The average molecular weight is 404 g/mol. The van der Waals surface area contributed by atoms with Crippen molar-refractivity contribution in [3.05, 3.63) is 48.1 Å². The van der Waals surface area contributed by atoms with E-state index < -0.39 is 12.2 Å². The van der Waals surface area contributed by atoms with Gasteiger partial charge in [-0.05, 0) is 37.0 Å². The Balaban J connectivity index is 1.35. The highest BCUT2D eigenvalue weighted by Gasteiger charge is 2.12. The summed E-state index contributed by atoms with van der Waals surface area (Å²) in [5.74, 6) is 0.0526. The Labute approximate surface area is 166 Å². The first-order valence-corrected chi connectivity index (χ1v) is 9.28. The maximum Gasteiger partial charge on any atom is 0.407 e. The number of carbonyl (C=O) groups excluding carboxylic acids is 1. The van der Waals surface area contributed by atoms with Gasteiger partial charge < -0.3 is 19.9 Å². The Kier molecular flexibility index (Phi) is 6.88. The number of fused-ring (bicyclic) bond motifs is 1. The molecule has 3 aromatic rings. The van der Waals surface area contributed by atoms with Crippen LogP contribution in [0.15, 0.2) is 30.6 Å². The summed E-state index contributed by atoms with van der Waals surface area (Å²) in [5, 5.41) is 5.45. The van der Waals surface area contributed by atoms with Gasteiger partial charge in [0.25, 0.3) is 0 Å². The predicted octanol–water partition coefficient (Wildman–Crippen LogP) is 2.90. The second-order valence-electron chi connectivity index (χ2n) is 6.35.